The SMILES string of the molecule is COc1ccc(NC(=S)NC[C@H](O)c2ccc([N+](=O)[O-])cc2)cc1. The summed E-state index contributed by atoms with van der Waals surface area (Å²) in [5.74, 6) is 0.744. The van der Waals surface area contributed by atoms with Crippen molar-refractivity contribution in [1.29, 1.82) is 0 Å². The van der Waals surface area contributed by atoms with Gasteiger partial charge in [0, 0.05) is 24.4 Å². The topological polar surface area (TPSA) is 96.7 Å². The van der Waals surface area contributed by atoms with E-state index in [-0.39, 0.29) is 12.2 Å². The van der Waals surface area contributed by atoms with E-state index in [1.807, 2.05) is 12.1 Å². The van der Waals surface area contributed by atoms with E-state index < -0.39 is 11.0 Å². The van der Waals surface area contributed by atoms with Crippen LogP contribution >= 0.6 is 12.2 Å². The maximum Gasteiger partial charge on any atom is 0.269 e. The highest BCUT2D eigenvalue weighted by atomic mass is 32.1. The van der Waals surface area contributed by atoms with Gasteiger partial charge in [-0.1, -0.05) is 0 Å². The summed E-state index contributed by atoms with van der Waals surface area (Å²) in [4.78, 5) is 10.1. The van der Waals surface area contributed by atoms with E-state index in [9.17, 15) is 15.2 Å². The lowest BCUT2D eigenvalue weighted by Crippen LogP contribution is -2.32. The molecule has 3 N–H and O–H groups in total. The molecular weight excluding hydrogens is 330 g/mol. The van der Waals surface area contributed by atoms with Crippen molar-refractivity contribution in [2.75, 3.05) is 19.0 Å². The van der Waals surface area contributed by atoms with Gasteiger partial charge in [0.05, 0.1) is 18.1 Å². The Hall–Kier alpha value is -2.71. The number of nitrogens with one attached hydrogen (secondary N) is 2. The van der Waals surface area contributed by atoms with Crippen molar-refractivity contribution in [3.63, 3.8) is 0 Å². The van der Waals surface area contributed by atoms with Gasteiger partial charge in [0.2, 0.25) is 0 Å². The highest BCUT2D eigenvalue weighted by molar-refractivity contribution is 7.80. The van der Waals surface area contributed by atoms with E-state index in [2.05, 4.69) is 10.6 Å². The number of hydrogen-bond acceptors (Lipinski definition) is 5. The number of methoxy groups -OCH3 is 1. The summed E-state index contributed by atoms with van der Waals surface area (Å²) in [5.41, 5.74) is 1.34. The Morgan fingerprint density at radius 2 is 1.88 bits per heavy atom. The zero-order chi connectivity index (χ0) is 17.5. The lowest BCUT2D eigenvalue weighted by molar-refractivity contribution is -0.384. The van der Waals surface area contributed by atoms with E-state index in [0.29, 0.717) is 10.7 Å². The summed E-state index contributed by atoms with van der Waals surface area (Å²) < 4.78 is 5.07. The van der Waals surface area contributed by atoms with Crippen LogP contribution in [0.5, 0.6) is 5.75 Å². The predicted molar refractivity (Wildman–Crippen MR) is 95.3 cm³/mol. The number of aliphatic hydroxyl groups is 1. The molecule has 126 valence electrons. The second-order valence-electron chi connectivity index (χ2n) is 4.93. The largest absolute Gasteiger partial charge is 0.497 e. The summed E-state index contributed by atoms with van der Waals surface area (Å²) in [6, 6.07) is 13.0. The fraction of sp³-hybridized carbons (Fsp3) is 0.188. The van der Waals surface area contributed by atoms with E-state index in [0.717, 1.165) is 11.4 Å². The third-order valence-corrected chi connectivity index (χ3v) is 3.54. The molecule has 8 heteroatoms. The van der Waals surface area contributed by atoms with Crippen LogP contribution in [0.4, 0.5) is 11.4 Å². The maximum atomic E-state index is 10.6. The second kappa shape index (κ2) is 8.23. The first kappa shape index (κ1) is 17.6. The van der Waals surface area contributed by atoms with Crippen LogP contribution < -0.4 is 15.4 Å². The molecule has 7 nitrogen and oxygen atoms in total. The summed E-state index contributed by atoms with van der Waals surface area (Å²) >= 11 is 5.17. The lowest BCUT2D eigenvalue weighted by Gasteiger charge is -2.15. The van der Waals surface area contributed by atoms with Crippen LogP contribution in [0, 0.1) is 10.1 Å². The van der Waals surface area contributed by atoms with Crippen LogP contribution in [-0.2, 0) is 0 Å². The number of nitrogens with zero attached hydrogens (tertiary/aromatic N) is 1. The Kier molecular flexibility index (Phi) is 6.05. The summed E-state index contributed by atoms with van der Waals surface area (Å²) in [6.45, 7) is 0.180. The van der Waals surface area contributed by atoms with Gasteiger partial charge in [-0.2, -0.15) is 0 Å². The fourth-order valence-electron chi connectivity index (χ4n) is 1.98. The van der Waals surface area contributed by atoms with Gasteiger partial charge >= 0.3 is 0 Å². The van der Waals surface area contributed by atoms with Crippen LogP contribution in [0.25, 0.3) is 0 Å². The molecule has 0 amide bonds. The number of benzene rings is 2. The van der Waals surface area contributed by atoms with Crippen LogP contribution in [0.2, 0.25) is 0 Å². The average molecular weight is 347 g/mol. The molecular formula is C16H17N3O4S. The minimum atomic E-state index is -0.832. The number of rotatable bonds is 6. The van der Waals surface area contributed by atoms with E-state index >= 15 is 0 Å². The van der Waals surface area contributed by atoms with Crippen LogP contribution in [0.1, 0.15) is 11.7 Å². The number of thiocarbonyl (C=S) groups is 1. The van der Waals surface area contributed by atoms with Crippen molar-refractivity contribution in [2.24, 2.45) is 0 Å². The first-order valence-electron chi connectivity index (χ1n) is 7.11. The standard InChI is InChI=1S/C16H17N3O4S/c1-23-14-8-4-12(5-9-14)18-16(24)17-10-15(20)11-2-6-13(7-3-11)19(21)22/h2-9,15,20H,10H2,1H3,(H2,17,18,24)/t15-/m0/s1. The molecule has 2 aromatic rings. The fourth-order valence-corrected chi connectivity index (χ4v) is 2.18. The second-order valence-corrected chi connectivity index (χ2v) is 5.34. The van der Waals surface area contributed by atoms with Gasteiger partial charge in [-0.25, -0.2) is 0 Å². The van der Waals surface area contributed by atoms with Gasteiger partial charge in [0.15, 0.2) is 5.11 Å². The molecule has 1 atom stereocenters. The number of anilines is 1. The summed E-state index contributed by atoms with van der Waals surface area (Å²) in [6.07, 6.45) is -0.832. The molecule has 0 aliphatic rings. The van der Waals surface area contributed by atoms with Crippen LogP contribution in [-0.4, -0.2) is 28.8 Å². The molecule has 2 rings (SSSR count). The van der Waals surface area contributed by atoms with Gasteiger partial charge in [-0.05, 0) is 54.2 Å². The minimum absolute atomic E-state index is 0.0180. The monoisotopic (exact) mass is 347 g/mol. The number of nitro groups is 1. The Morgan fingerprint density at radius 1 is 1.25 bits per heavy atom. The molecule has 0 aliphatic heterocycles. The molecule has 0 bridgehead atoms. The first-order valence-corrected chi connectivity index (χ1v) is 7.51. The van der Waals surface area contributed by atoms with Gasteiger partial charge < -0.3 is 20.5 Å². The zero-order valence-corrected chi connectivity index (χ0v) is 13.7. The molecule has 0 aromatic heterocycles. The van der Waals surface area contributed by atoms with Crippen LogP contribution in [0.15, 0.2) is 48.5 Å². The molecule has 0 saturated carbocycles. The number of hydrogen-bond donors (Lipinski definition) is 3. The third kappa shape index (κ3) is 4.90. The van der Waals surface area contributed by atoms with Crippen molar-refractivity contribution in [2.45, 2.75) is 6.10 Å². The normalized spacial score (nSPS) is 11.4. The Labute approximate surface area is 144 Å². The Balaban J connectivity index is 1.84. The average Bonchev–Trinajstić information content (AvgIpc) is 2.60. The molecule has 0 radical (unpaired) electrons. The highest BCUT2D eigenvalue weighted by Crippen LogP contribution is 2.17. The molecule has 0 aliphatic carbocycles. The molecule has 0 unspecified atom stereocenters. The summed E-state index contributed by atoms with van der Waals surface area (Å²) in [5, 5.41) is 27.0. The van der Waals surface area contributed by atoms with Crippen molar-refractivity contribution >= 4 is 28.7 Å². The maximum absolute atomic E-state index is 10.6. The smallest absolute Gasteiger partial charge is 0.269 e. The molecule has 2 aromatic carbocycles. The highest BCUT2D eigenvalue weighted by Gasteiger charge is 2.11. The van der Waals surface area contributed by atoms with Gasteiger partial charge in [0.1, 0.15) is 5.75 Å². The van der Waals surface area contributed by atoms with Crippen LogP contribution in [0.3, 0.4) is 0 Å². The minimum Gasteiger partial charge on any atom is -0.497 e. The summed E-state index contributed by atoms with van der Waals surface area (Å²) in [7, 11) is 1.59. The van der Waals surface area contributed by atoms with E-state index in [1.54, 1.807) is 19.2 Å². The van der Waals surface area contributed by atoms with E-state index in [4.69, 9.17) is 17.0 Å². The lowest BCUT2D eigenvalue weighted by atomic mass is 10.1. The Bertz CT molecular complexity index is 704. The number of nitro benzene ring substituents is 1. The first-order chi connectivity index (χ1) is 11.5. The van der Waals surface area contributed by atoms with Crippen molar-refractivity contribution < 1.29 is 14.8 Å². The van der Waals surface area contributed by atoms with E-state index in [1.165, 1.54) is 24.3 Å². The Morgan fingerprint density at radius 3 is 2.42 bits per heavy atom. The van der Waals surface area contributed by atoms with Crippen molar-refractivity contribution in [1.82, 2.24) is 5.32 Å². The number of non-ortho nitro benzene ring substituents is 1. The molecule has 0 spiro atoms. The predicted octanol–water partition coefficient (Wildman–Crippen LogP) is 2.62. The van der Waals surface area contributed by atoms with Gasteiger partial charge in [-0.15, -0.1) is 0 Å². The molecule has 24 heavy (non-hydrogen) atoms. The third-order valence-electron chi connectivity index (χ3n) is 3.29. The zero-order valence-electron chi connectivity index (χ0n) is 12.9. The molecule has 0 saturated heterocycles. The number of aliphatic hydroxyl groups excluding tert-OH is 1. The van der Waals surface area contributed by atoms with Crippen molar-refractivity contribution in [3.8, 4) is 5.75 Å². The quantitative estimate of drug-likeness (QED) is 0.420. The van der Waals surface area contributed by atoms with Gasteiger partial charge in [0.25, 0.3) is 5.69 Å². The van der Waals surface area contributed by atoms with Gasteiger partial charge in [-0.3, -0.25) is 10.1 Å². The number of ether oxygens (including phenoxy) is 1. The molecule has 0 fully saturated rings. The molecule has 0 heterocycles. The van der Waals surface area contributed by atoms with Crippen molar-refractivity contribution in [3.05, 3.63) is 64.2 Å².